The van der Waals surface area contributed by atoms with E-state index in [9.17, 15) is 9.59 Å². The number of amides is 3. The third kappa shape index (κ3) is 3.87. The molecular weight excluding hydrogens is 442 g/mol. The van der Waals surface area contributed by atoms with Crippen molar-refractivity contribution in [3.05, 3.63) is 89.0 Å². The molecule has 2 heterocycles. The van der Waals surface area contributed by atoms with Crippen LogP contribution in [0.3, 0.4) is 0 Å². The van der Waals surface area contributed by atoms with Gasteiger partial charge in [0.05, 0.1) is 19.7 Å². The van der Waals surface area contributed by atoms with Crippen molar-refractivity contribution in [2.45, 2.75) is 39.1 Å². The Morgan fingerprint density at radius 2 is 1.89 bits per heavy atom. The SMILES string of the molecule is COc1cccc2c1O[C@@]1(C)[C@H](C(=O)Nc3ccc(C)cc3C)[C@@H]2NC(=O)N1Cc1ccccc1. The maximum Gasteiger partial charge on any atom is 0.321 e. The maximum atomic E-state index is 13.9. The molecule has 1 saturated heterocycles. The molecule has 2 aliphatic rings. The second kappa shape index (κ2) is 8.65. The van der Waals surface area contributed by atoms with Gasteiger partial charge >= 0.3 is 6.03 Å². The van der Waals surface area contributed by atoms with Crippen molar-refractivity contribution >= 4 is 17.6 Å². The Balaban J connectivity index is 1.59. The molecule has 3 aromatic rings. The highest BCUT2D eigenvalue weighted by atomic mass is 16.5. The van der Waals surface area contributed by atoms with E-state index in [-0.39, 0.29) is 18.5 Å². The fraction of sp³-hybridized carbons (Fsp3) is 0.286. The predicted octanol–water partition coefficient (Wildman–Crippen LogP) is 4.94. The molecule has 2 N–H and O–H groups in total. The third-order valence-electron chi connectivity index (χ3n) is 6.95. The van der Waals surface area contributed by atoms with Gasteiger partial charge in [-0.2, -0.15) is 0 Å². The molecular formula is C28H29N3O4. The van der Waals surface area contributed by atoms with Crippen molar-refractivity contribution in [1.82, 2.24) is 10.2 Å². The van der Waals surface area contributed by atoms with Gasteiger partial charge in [0.2, 0.25) is 5.91 Å². The first-order valence-electron chi connectivity index (χ1n) is 11.7. The van der Waals surface area contributed by atoms with E-state index in [1.165, 1.54) is 0 Å². The summed E-state index contributed by atoms with van der Waals surface area (Å²) in [4.78, 5) is 28.9. The number of carbonyl (C=O) groups is 2. The second-order valence-corrected chi connectivity index (χ2v) is 9.32. The normalized spacial score (nSPS) is 22.5. The zero-order valence-electron chi connectivity index (χ0n) is 20.3. The quantitative estimate of drug-likeness (QED) is 0.552. The van der Waals surface area contributed by atoms with E-state index < -0.39 is 17.7 Å². The third-order valence-corrected chi connectivity index (χ3v) is 6.95. The fourth-order valence-corrected chi connectivity index (χ4v) is 5.16. The predicted molar refractivity (Wildman–Crippen MR) is 133 cm³/mol. The highest BCUT2D eigenvalue weighted by Gasteiger charge is 2.60. The zero-order chi connectivity index (χ0) is 24.7. The van der Waals surface area contributed by atoms with Gasteiger partial charge in [0.25, 0.3) is 0 Å². The van der Waals surface area contributed by atoms with Crippen molar-refractivity contribution in [2.75, 3.05) is 12.4 Å². The van der Waals surface area contributed by atoms with Crippen LogP contribution < -0.4 is 20.1 Å². The minimum atomic E-state index is -1.26. The first-order chi connectivity index (χ1) is 16.8. The summed E-state index contributed by atoms with van der Waals surface area (Å²) in [5.74, 6) is 0.152. The fourth-order valence-electron chi connectivity index (χ4n) is 5.16. The van der Waals surface area contributed by atoms with Crippen molar-refractivity contribution in [3.8, 4) is 11.5 Å². The molecule has 0 saturated carbocycles. The number of anilines is 1. The molecule has 0 unspecified atom stereocenters. The zero-order valence-corrected chi connectivity index (χ0v) is 20.3. The number of nitrogens with zero attached hydrogens (tertiary/aromatic N) is 1. The highest BCUT2D eigenvalue weighted by Crippen LogP contribution is 2.51. The molecule has 180 valence electrons. The van der Waals surface area contributed by atoms with Gasteiger partial charge in [-0.1, -0.05) is 60.2 Å². The largest absolute Gasteiger partial charge is 0.493 e. The Kier molecular flexibility index (Phi) is 5.63. The smallest absolute Gasteiger partial charge is 0.321 e. The topological polar surface area (TPSA) is 79.9 Å². The molecule has 5 rings (SSSR count). The second-order valence-electron chi connectivity index (χ2n) is 9.32. The molecule has 3 amide bonds. The van der Waals surface area contributed by atoms with Crippen LogP contribution in [0.4, 0.5) is 10.5 Å². The molecule has 35 heavy (non-hydrogen) atoms. The monoisotopic (exact) mass is 471 g/mol. The summed E-state index contributed by atoms with van der Waals surface area (Å²) in [5.41, 5.74) is 3.22. The molecule has 2 aliphatic heterocycles. The summed E-state index contributed by atoms with van der Waals surface area (Å²) in [5, 5.41) is 6.17. The van der Waals surface area contributed by atoms with Crippen LogP contribution in [0.25, 0.3) is 0 Å². The van der Waals surface area contributed by atoms with Crippen LogP contribution in [-0.2, 0) is 11.3 Å². The first kappa shape index (κ1) is 22.8. The Morgan fingerprint density at radius 1 is 1.11 bits per heavy atom. The van der Waals surface area contributed by atoms with Gasteiger partial charge in [-0.15, -0.1) is 0 Å². The number of para-hydroxylation sites is 1. The molecule has 3 atom stereocenters. The van der Waals surface area contributed by atoms with Gasteiger partial charge in [0.15, 0.2) is 17.2 Å². The summed E-state index contributed by atoms with van der Waals surface area (Å²) >= 11 is 0. The number of aryl methyl sites for hydroxylation is 2. The molecule has 7 heteroatoms. The van der Waals surface area contributed by atoms with Crippen LogP contribution >= 0.6 is 0 Å². The van der Waals surface area contributed by atoms with E-state index in [1.807, 2.05) is 87.5 Å². The molecule has 0 radical (unpaired) electrons. The Bertz CT molecular complexity index is 1290. The minimum Gasteiger partial charge on any atom is -0.493 e. The summed E-state index contributed by atoms with van der Waals surface area (Å²) in [7, 11) is 1.58. The standard InChI is InChI=1S/C28H29N3O4/c1-17-13-14-21(18(2)15-17)29-26(32)23-24-20-11-8-12-22(34-4)25(20)35-28(23,3)31(27(33)30-24)16-19-9-6-5-7-10-19/h5-15,23-24H,16H2,1-4H3,(H,29,32)(H,30,33)/t23-,24+,28-/m0/s1. The molecule has 7 nitrogen and oxygen atoms in total. The van der Waals surface area contributed by atoms with Crippen molar-refractivity contribution in [1.29, 1.82) is 0 Å². The molecule has 1 fully saturated rings. The Morgan fingerprint density at radius 3 is 2.60 bits per heavy atom. The van der Waals surface area contributed by atoms with Crippen molar-refractivity contribution in [2.24, 2.45) is 5.92 Å². The lowest BCUT2D eigenvalue weighted by Crippen LogP contribution is -2.71. The Hall–Kier alpha value is -4.00. The maximum absolute atomic E-state index is 13.9. The van der Waals surface area contributed by atoms with Gasteiger partial charge in [-0.3, -0.25) is 9.69 Å². The summed E-state index contributed by atoms with van der Waals surface area (Å²) in [6.45, 7) is 6.07. The van der Waals surface area contributed by atoms with E-state index in [0.717, 1.165) is 27.9 Å². The summed E-state index contributed by atoms with van der Waals surface area (Å²) < 4.78 is 12.1. The average molecular weight is 472 g/mol. The van der Waals surface area contributed by atoms with E-state index in [1.54, 1.807) is 12.0 Å². The Labute approximate surface area is 205 Å². The van der Waals surface area contributed by atoms with Crippen LogP contribution in [0.2, 0.25) is 0 Å². The van der Waals surface area contributed by atoms with Gasteiger partial charge in [-0.05, 0) is 44.0 Å². The lowest BCUT2D eigenvalue weighted by atomic mass is 9.78. The molecule has 3 aromatic carbocycles. The molecule has 2 bridgehead atoms. The number of hydrogen-bond donors (Lipinski definition) is 2. The van der Waals surface area contributed by atoms with Crippen LogP contribution in [-0.4, -0.2) is 29.7 Å². The number of hydrogen-bond acceptors (Lipinski definition) is 4. The van der Waals surface area contributed by atoms with Gasteiger partial charge in [0, 0.05) is 11.3 Å². The van der Waals surface area contributed by atoms with Gasteiger partial charge in [0.1, 0.15) is 5.92 Å². The van der Waals surface area contributed by atoms with Crippen molar-refractivity contribution in [3.63, 3.8) is 0 Å². The molecule has 0 spiro atoms. The molecule has 0 aliphatic carbocycles. The van der Waals surface area contributed by atoms with Crippen LogP contribution in [0.5, 0.6) is 11.5 Å². The lowest BCUT2D eigenvalue weighted by Gasteiger charge is -2.54. The number of benzene rings is 3. The number of fused-ring (bicyclic) bond motifs is 4. The van der Waals surface area contributed by atoms with Crippen LogP contribution in [0.15, 0.2) is 66.7 Å². The first-order valence-corrected chi connectivity index (χ1v) is 11.7. The number of methoxy groups -OCH3 is 1. The van der Waals surface area contributed by atoms with Gasteiger partial charge < -0.3 is 20.1 Å². The summed E-state index contributed by atoms with van der Waals surface area (Å²) in [6.07, 6.45) is 0. The highest BCUT2D eigenvalue weighted by molar-refractivity contribution is 5.96. The van der Waals surface area contributed by atoms with Crippen LogP contribution in [0.1, 0.15) is 35.2 Å². The van der Waals surface area contributed by atoms with Crippen molar-refractivity contribution < 1.29 is 19.1 Å². The number of rotatable bonds is 5. The average Bonchev–Trinajstić information content (AvgIpc) is 2.83. The minimum absolute atomic E-state index is 0.226. The van der Waals surface area contributed by atoms with E-state index in [2.05, 4.69) is 10.6 Å². The number of ether oxygens (including phenoxy) is 2. The molecule has 0 aromatic heterocycles. The van der Waals surface area contributed by atoms with Crippen LogP contribution in [0, 0.1) is 19.8 Å². The number of carbonyl (C=O) groups excluding carboxylic acids is 2. The lowest BCUT2D eigenvalue weighted by molar-refractivity contribution is -0.155. The van der Waals surface area contributed by atoms with Gasteiger partial charge in [-0.25, -0.2) is 4.79 Å². The van der Waals surface area contributed by atoms with E-state index in [4.69, 9.17) is 9.47 Å². The summed E-state index contributed by atoms with van der Waals surface area (Å²) in [6, 6.07) is 20.2. The van der Waals surface area contributed by atoms with E-state index in [0.29, 0.717) is 11.5 Å². The number of nitrogens with one attached hydrogen (secondary N) is 2. The van der Waals surface area contributed by atoms with E-state index >= 15 is 0 Å². The number of urea groups is 1.